The number of aryl methyl sites for hydroxylation is 2. The summed E-state index contributed by atoms with van der Waals surface area (Å²) in [6, 6.07) is 4.67. The molecule has 0 aliphatic carbocycles. The monoisotopic (exact) mass is 449 g/mol. The van der Waals surface area contributed by atoms with Crippen LogP contribution in [0.1, 0.15) is 41.1 Å². The van der Waals surface area contributed by atoms with Crippen LogP contribution >= 0.6 is 0 Å². The number of rotatable bonds is 5. The van der Waals surface area contributed by atoms with Gasteiger partial charge in [0.15, 0.2) is 5.82 Å². The Morgan fingerprint density at radius 3 is 2.47 bits per heavy atom. The second kappa shape index (κ2) is 8.73. The highest BCUT2D eigenvalue weighted by atomic mass is 19.4. The largest absolute Gasteiger partial charge is 0.421 e. The molecule has 1 aliphatic heterocycles. The molecule has 0 saturated carbocycles. The molecule has 7 nitrogen and oxygen atoms in total. The van der Waals surface area contributed by atoms with Gasteiger partial charge in [-0.1, -0.05) is 0 Å². The lowest BCUT2D eigenvalue weighted by Crippen LogP contribution is -2.27. The van der Waals surface area contributed by atoms with Gasteiger partial charge < -0.3 is 16.0 Å². The molecule has 1 aromatic carbocycles. The van der Waals surface area contributed by atoms with Crippen molar-refractivity contribution in [2.24, 2.45) is 0 Å². The summed E-state index contributed by atoms with van der Waals surface area (Å²) in [5, 5.41) is 15.1. The van der Waals surface area contributed by atoms with Crippen molar-refractivity contribution in [1.29, 1.82) is 0 Å². The molecule has 1 saturated heterocycles. The van der Waals surface area contributed by atoms with Gasteiger partial charge in [-0.3, -0.25) is 5.10 Å². The van der Waals surface area contributed by atoms with E-state index in [0.29, 0.717) is 11.9 Å². The lowest BCUT2D eigenvalue weighted by Gasteiger charge is -2.25. The molecule has 1 aliphatic rings. The van der Waals surface area contributed by atoms with Crippen LogP contribution in [0.25, 0.3) is 0 Å². The number of H-pyrrole nitrogens is 1. The average Bonchev–Trinajstić information content (AvgIpc) is 3.15. The number of nitrogens with zero attached hydrogens (tertiary/aromatic N) is 3. The van der Waals surface area contributed by atoms with Gasteiger partial charge in [-0.2, -0.15) is 23.3 Å². The number of hydrogen-bond acceptors (Lipinski definition) is 6. The zero-order chi connectivity index (χ0) is 22.9. The molecule has 170 valence electrons. The maximum Gasteiger partial charge on any atom is 0.421 e. The summed E-state index contributed by atoms with van der Waals surface area (Å²) < 4.78 is 55.1. The van der Waals surface area contributed by atoms with Crippen molar-refractivity contribution in [2.75, 3.05) is 23.7 Å². The predicted molar refractivity (Wildman–Crippen MR) is 113 cm³/mol. The topological polar surface area (TPSA) is 90.6 Å². The lowest BCUT2D eigenvalue weighted by molar-refractivity contribution is -0.137. The minimum atomic E-state index is -4.68. The van der Waals surface area contributed by atoms with E-state index in [-0.39, 0.29) is 23.4 Å². The van der Waals surface area contributed by atoms with Gasteiger partial charge >= 0.3 is 6.18 Å². The number of aromatic nitrogens is 4. The SMILES string of the molecule is Cc1cc(Nc2nc(Nc3cc(C)c(C4CCNCC4)cc3F)ncc2C(F)(F)F)n[nH]1. The van der Waals surface area contributed by atoms with Crippen LogP contribution in [-0.4, -0.2) is 33.3 Å². The summed E-state index contributed by atoms with van der Waals surface area (Å²) in [6.07, 6.45) is -2.16. The molecule has 0 bridgehead atoms. The van der Waals surface area contributed by atoms with E-state index in [1.807, 2.05) is 6.92 Å². The Morgan fingerprint density at radius 1 is 1.06 bits per heavy atom. The summed E-state index contributed by atoms with van der Waals surface area (Å²) in [6.45, 7) is 5.38. The van der Waals surface area contributed by atoms with Gasteiger partial charge in [-0.25, -0.2) is 9.37 Å². The van der Waals surface area contributed by atoms with Gasteiger partial charge in [-0.05, 0) is 69.0 Å². The summed E-state index contributed by atoms with van der Waals surface area (Å²) in [5.41, 5.74) is 1.56. The maximum absolute atomic E-state index is 14.8. The number of nitrogens with one attached hydrogen (secondary N) is 4. The normalized spacial score (nSPS) is 15.1. The zero-order valence-electron chi connectivity index (χ0n) is 17.6. The summed E-state index contributed by atoms with van der Waals surface area (Å²) in [7, 11) is 0. The summed E-state index contributed by atoms with van der Waals surface area (Å²) in [5.74, 6) is -0.711. The number of aromatic amines is 1. The number of hydrogen-bond donors (Lipinski definition) is 4. The smallest absolute Gasteiger partial charge is 0.323 e. The standard InChI is InChI=1S/C21H23F4N7/c1-11-7-17(16(22)9-14(11)13-3-5-26-6-4-13)28-20-27-10-15(21(23,24)25)19(30-20)29-18-8-12(2)31-32-18/h7-10,13,26H,3-6H2,1-2H3,(H3,27,28,29,30,31,32). The Hall–Kier alpha value is -3.21. The van der Waals surface area contributed by atoms with Gasteiger partial charge in [0.05, 0.1) is 5.69 Å². The minimum absolute atomic E-state index is 0.0986. The van der Waals surface area contributed by atoms with Gasteiger partial charge in [0.25, 0.3) is 0 Å². The van der Waals surface area contributed by atoms with Gasteiger partial charge in [-0.15, -0.1) is 0 Å². The fourth-order valence-electron chi connectivity index (χ4n) is 3.83. The first-order valence-electron chi connectivity index (χ1n) is 10.2. The third-order valence-electron chi connectivity index (χ3n) is 5.43. The molecule has 32 heavy (non-hydrogen) atoms. The molecule has 4 N–H and O–H groups in total. The van der Waals surface area contributed by atoms with Crippen LogP contribution in [0.5, 0.6) is 0 Å². The van der Waals surface area contributed by atoms with Crippen LogP contribution in [0.2, 0.25) is 0 Å². The zero-order valence-corrected chi connectivity index (χ0v) is 17.6. The minimum Gasteiger partial charge on any atom is -0.323 e. The molecule has 0 amide bonds. The molecular formula is C21H23F4N7. The number of anilines is 4. The van der Waals surface area contributed by atoms with E-state index in [2.05, 4.69) is 36.1 Å². The molecular weight excluding hydrogens is 426 g/mol. The van der Waals surface area contributed by atoms with Crippen molar-refractivity contribution in [3.05, 3.63) is 52.6 Å². The Morgan fingerprint density at radius 2 is 1.81 bits per heavy atom. The third kappa shape index (κ3) is 4.82. The highest BCUT2D eigenvalue weighted by Gasteiger charge is 2.35. The van der Waals surface area contributed by atoms with Crippen molar-refractivity contribution in [1.82, 2.24) is 25.5 Å². The molecule has 0 radical (unpaired) electrons. The highest BCUT2D eigenvalue weighted by Crippen LogP contribution is 2.36. The van der Waals surface area contributed by atoms with E-state index >= 15 is 0 Å². The van der Waals surface area contributed by atoms with Gasteiger partial charge in [0, 0.05) is 18.0 Å². The Bertz CT molecular complexity index is 1100. The van der Waals surface area contributed by atoms with Crippen LogP contribution in [0.4, 0.5) is 40.8 Å². The van der Waals surface area contributed by atoms with Crippen molar-refractivity contribution >= 4 is 23.3 Å². The van der Waals surface area contributed by atoms with Gasteiger partial charge in [0.1, 0.15) is 17.2 Å². The van der Waals surface area contributed by atoms with Crippen LogP contribution in [0.3, 0.4) is 0 Å². The van der Waals surface area contributed by atoms with E-state index in [0.717, 1.165) is 37.1 Å². The Labute approximate surface area is 182 Å². The van der Waals surface area contributed by atoms with Gasteiger partial charge in [0.2, 0.25) is 5.95 Å². The first-order valence-corrected chi connectivity index (χ1v) is 10.2. The first-order chi connectivity index (χ1) is 15.2. The fraction of sp³-hybridized carbons (Fsp3) is 0.381. The summed E-state index contributed by atoms with van der Waals surface area (Å²) >= 11 is 0. The van der Waals surface area contributed by atoms with E-state index < -0.39 is 23.4 Å². The Kier molecular flexibility index (Phi) is 6.00. The van der Waals surface area contributed by atoms with E-state index in [1.54, 1.807) is 13.0 Å². The summed E-state index contributed by atoms with van der Waals surface area (Å²) in [4.78, 5) is 7.69. The Balaban J connectivity index is 1.62. The molecule has 2 aromatic heterocycles. The van der Waals surface area contributed by atoms with Crippen LogP contribution in [0.15, 0.2) is 24.4 Å². The maximum atomic E-state index is 14.8. The molecule has 0 atom stereocenters. The van der Waals surface area contributed by atoms with E-state index in [1.165, 1.54) is 12.1 Å². The number of alkyl halides is 3. The molecule has 4 rings (SSSR count). The van der Waals surface area contributed by atoms with E-state index in [4.69, 9.17) is 0 Å². The average molecular weight is 449 g/mol. The quantitative estimate of drug-likeness (QED) is 0.413. The predicted octanol–water partition coefficient (Wildman–Crippen LogP) is 4.93. The van der Waals surface area contributed by atoms with Crippen LogP contribution < -0.4 is 16.0 Å². The van der Waals surface area contributed by atoms with Crippen LogP contribution in [-0.2, 0) is 6.18 Å². The molecule has 0 spiro atoms. The molecule has 3 aromatic rings. The fourth-order valence-corrected chi connectivity index (χ4v) is 3.83. The van der Waals surface area contributed by atoms with Crippen molar-refractivity contribution in [3.63, 3.8) is 0 Å². The first kappa shape index (κ1) is 22.0. The van der Waals surface area contributed by atoms with E-state index in [9.17, 15) is 17.6 Å². The molecule has 11 heteroatoms. The lowest BCUT2D eigenvalue weighted by atomic mass is 9.87. The third-order valence-corrected chi connectivity index (χ3v) is 5.43. The van der Waals surface area contributed by atoms with Crippen molar-refractivity contribution < 1.29 is 17.6 Å². The second-order valence-electron chi connectivity index (χ2n) is 7.85. The number of piperidine rings is 1. The van der Waals surface area contributed by atoms with Crippen LogP contribution in [0, 0.1) is 19.7 Å². The number of halogens is 4. The molecule has 1 fully saturated rings. The highest BCUT2D eigenvalue weighted by molar-refractivity contribution is 5.62. The second-order valence-corrected chi connectivity index (χ2v) is 7.85. The van der Waals surface area contributed by atoms with Crippen molar-refractivity contribution in [3.8, 4) is 0 Å². The molecule has 3 heterocycles. The number of benzene rings is 1. The van der Waals surface area contributed by atoms with Crippen molar-refractivity contribution in [2.45, 2.75) is 38.8 Å². The molecule has 0 unspecified atom stereocenters.